The van der Waals surface area contributed by atoms with Crippen molar-refractivity contribution in [2.24, 2.45) is 5.92 Å². The molecule has 12 heteroatoms. The number of phosphoric ester groups is 1. The number of nitrogens with zero attached hydrogens (tertiary/aromatic N) is 2. The van der Waals surface area contributed by atoms with Gasteiger partial charge in [0.05, 0.1) is 25.4 Å². The van der Waals surface area contributed by atoms with Crippen molar-refractivity contribution in [3.05, 3.63) is 22.2 Å². The van der Waals surface area contributed by atoms with Crippen LogP contribution in [-0.4, -0.2) is 54.3 Å². The van der Waals surface area contributed by atoms with E-state index in [-0.39, 0.29) is 24.9 Å². The molecular formula is C19H33N3O8P-. The molecule has 31 heavy (non-hydrogen) atoms. The molecule has 1 fully saturated rings. The Kier molecular flexibility index (Phi) is 9.20. The Morgan fingerprint density at radius 1 is 1.29 bits per heavy atom. The smallest absolute Gasteiger partial charge is 0.351 e. The number of anilines is 1. The Bertz CT molecular complexity index is 831. The number of nitrogen functional groups attached to an aromatic ring is 1. The first-order valence-electron chi connectivity index (χ1n) is 10.2. The summed E-state index contributed by atoms with van der Waals surface area (Å²) >= 11 is 0. The molecular weight excluding hydrogens is 429 g/mol. The normalized spacial score (nSPS) is 26.0. The molecule has 0 radical (unpaired) electrons. The number of hydrogen-bond donors (Lipinski definition) is 1. The summed E-state index contributed by atoms with van der Waals surface area (Å²) < 4.78 is 41.2. The van der Waals surface area contributed by atoms with Crippen LogP contribution in [0.3, 0.4) is 0 Å². The number of methoxy groups -OCH3 is 1. The average Bonchev–Trinajstić information content (AvgIpc) is 2.93. The second-order valence-corrected chi connectivity index (χ2v) is 9.51. The fourth-order valence-corrected chi connectivity index (χ4v) is 4.47. The van der Waals surface area contributed by atoms with Gasteiger partial charge in [-0.2, -0.15) is 4.98 Å². The van der Waals surface area contributed by atoms with Gasteiger partial charge in [0.1, 0.15) is 18.0 Å². The third-order valence-electron chi connectivity index (χ3n) is 4.63. The van der Waals surface area contributed by atoms with Gasteiger partial charge in [-0.3, -0.25) is 9.13 Å². The van der Waals surface area contributed by atoms with Crippen LogP contribution < -0.4 is 16.3 Å². The lowest BCUT2D eigenvalue weighted by molar-refractivity contribution is -0.237. The van der Waals surface area contributed by atoms with E-state index < -0.39 is 44.2 Å². The van der Waals surface area contributed by atoms with Gasteiger partial charge in [0.25, 0.3) is 7.82 Å². The maximum atomic E-state index is 12.6. The molecule has 2 heterocycles. The zero-order valence-corrected chi connectivity index (χ0v) is 19.7. The molecule has 1 aliphatic rings. The van der Waals surface area contributed by atoms with Gasteiger partial charge in [0, 0.05) is 18.9 Å². The first-order valence-corrected chi connectivity index (χ1v) is 11.7. The molecule has 0 spiro atoms. The predicted octanol–water partition coefficient (Wildman–Crippen LogP) is 1.39. The molecule has 178 valence electrons. The van der Waals surface area contributed by atoms with E-state index in [0.29, 0.717) is 12.0 Å². The van der Waals surface area contributed by atoms with Gasteiger partial charge in [-0.05, 0) is 33.1 Å². The minimum absolute atomic E-state index is 0.108. The zero-order valence-electron chi connectivity index (χ0n) is 18.8. The van der Waals surface area contributed by atoms with Crippen molar-refractivity contribution in [3.8, 4) is 0 Å². The van der Waals surface area contributed by atoms with Crippen molar-refractivity contribution < 1.29 is 32.7 Å². The molecule has 0 saturated carbocycles. The third-order valence-corrected chi connectivity index (χ3v) is 5.81. The minimum atomic E-state index is -4.67. The molecule has 2 N–H and O–H groups in total. The molecule has 0 bridgehead atoms. The summed E-state index contributed by atoms with van der Waals surface area (Å²) in [5, 5.41) is 0. The van der Waals surface area contributed by atoms with E-state index in [2.05, 4.69) is 4.98 Å². The van der Waals surface area contributed by atoms with E-state index in [1.165, 1.54) is 17.9 Å². The van der Waals surface area contributed by atoms with Gasteiger partial charge < -0.3 is 33.9 Å². The highest BCUT2D eigenvalue weighted by atomic mass is 31.2. The van der Waals surface area contributed by atoms with Gasteiger partial charge in [0.2, 0.25) is 0 Å². The van der Waals surface area contributed by atoms with Crippen LogP contribution in [-0.2, 0) is 27.8 Å². The van der Waals surface area contributed by atoms with E-state index in [1.54, 1.807) is 20.8 Å². The fraction of sp³-hybridized carbons (Fsp3) is 0.789. The van der Waals surface area contributed by atoms with E-state index in [4.69, 9.17) is 29.0 Å². The lowest BCUT2D eigenvalue weighted by Gasteiger charge is -2.32. The van der Waals surface area contributed by atoms with Crippen LogP contribution >= 0.6 is 7.82 Å². The van der Waals surface area contributed by atoms with Gasteiger partial charge in [-0.1, -0.05) is 13.8 Å². The van der Waals surface area contributed by atoms with Gasteiger partial charge in [-0.25, -0.2) is 4.79 Å². The predicted molar refractivity (Wildman–Crippen MR) is 111 cm³/mol. The maximum Gasteiger partial charge on any atom is 0.351 e. The number of rotatable bonds is 11. The van der Waals surface area contributed by atoms with Gasteiger partial charge in [-0.15, -0.1) is 0 Å². The molecule has 1 aromatic rings. The summed E-state index contributed by atoms with van der Waals surface area (Å²) in [6.07, 6.45) is -2.20. The number of aryl methyl sites for hydroxylation is 1. The average molecular weight is 462 g/mol. The van der Waals surface area contributed by atoms with Crippen LogP contribution in [0.2, 0.25) is 0 Å². The van der Waals surface area contributed by atoms with Crippen LogP contribution in [0.15, 0.2) is 11.0 Å². The fourth-order valence-electron chi connectivity index (χ4n) is 3.35. The van der Waals surface area contributed by atoms with Crippen molar-refractivity contribution in [2.45, 2.75) is 71.7 Å². The van der Waals surface area contributed by atoms with Crippen LogP contribution in [0.5, 0.6) is 0 Å². The Hall–Kier alpha value is -1.33. The van der Waals surface area contributed by atoms with Crippen LogP contribution in [0.25, 0.3) is 0 Å². The van der Waals surface area contributed by atoms with Crippen molar-refractivity contribution >= 4 is 13.6 Å². The summed E-state index contributed by atoms with van der Waals surface area (Å²) in [5.41, 5.74) is 5.67. The zero-order chi connectivity index (χ0) is 23.3. The number of phosphoric acid groups is 1. The van der Waals surface area contributed by atoms with Crippen LogP contribution in [0.1, 0.15) is 45.9 Å². The second kappa shape index (κ2) is 11.0. The summed E-state index contributed by atoms with van der Waals surface area (Å²) in [6.45, 7) is 9.21. The van der Waals surface area contributed by atoms with Crippen molar-refractivity contribution in [1.82, 2.24) is 9.55 Å². The molecule has 0 aromatic carbocycles. The SMILES string of the molecule is COCCO[C@H]1C(OP(=O)([O-])OC(C)C)[C@@H](CC(C)C)O[C@H]1n1cc(C)c(N)nc1=O. The highest BCUT2D eigenvalue weighted by Gasteiger charge is 2.49. The Morgan fingerprint density at radius 2 is 1.97 bits per heavy atom. The van der Waals surface area contributed by atoms with Gasteiger partial charge in [0.15, 0.2) is 6.23 Å². The Morgan fingerprint density at radius 3 is 2.55 bits per heavy atom. The van der Waals surface area contributed by atoms with E-state index in [1.807, 2.05) is 13.8 Å². The monoisotopic (exact) mass is 462 g/mol. The number of ether oxygens (including phenoxy) is 3. The summed E-state index contributed by atoms with van der Waals surface area (Å²) in [6, 6.07) is 0. The largest absolute Gasteiger partial charge is 0.756 e. The molecule has 0 amide bonds. The summed E-state index contributed by atoms with van der Waals surface area (Å²) in [7, 11) is -3.15. The highest BCUT2D eigenvalue weighted by molar-refractivity contribution is 7.45. The van der Waals surface area contributed by atoms with E-state index in [9.17, 15) is 14.3 Å². The molecule has 5 atom stereocenters. The number of nitrogens with two attached hydrogens (primary N) is 1. The van der Waals surface area contributed by atoms with Gasteiger partial charge >= 0.3 is 5.69 Å². The molecule has 0 aliphatic carbocycles. The number of aromatic nitrogens is 2. The molecule has 2 unspecified atom stereocenters. The molecule has 1 saturated heterocycles. The maximum absolute atomic E-state index is 12.6. The lowest BCUT2D eigenvalue weighted by Crippen LogP contribution is -2.40. The minimum Gasteiger partial charge on any atom is -0.756 e. The van der Waals surface area contributed by atoms with Crippen LogP contribution in [0, 0.1) is 12.8 Å². The molecule has 2 rings (SSSR count). The first-order chi connectivity index (χ1) is 14.4. The third kappa shape index (κ3) is 7.08. The highest BCUT2D eigenvalue weighted by Crippen LogP contribution is 2.47. The van der Waals surface area contributed by atoms with Crippen molar-refractivity contribution in [2.75, 3.05) is 26.1 Å². The van der Waals surface area contributed by atoms with Crippen molar-refractivity contribution in [3.63, 3.8) is 0 Å². The first kappa shape index (κ1) is 25.9. The van der Waals surface area contributed by atoms with Crippen molar-refractivity contribution in [1.29, 1.82) is 0 Å². The van der Waals surface area contributed by atoms with E-state index >= 15 is 0 Å². The molecule has 1 aromatic heterocycles. The summed E-state index contributed by atoms with van der Waals surface area (Å²) in [4.78, 5) is 28.8. The quantitative estimate of drug-likeness (QED) is 0.378. The standard InChI is InChI=1S/C19H34N3O8P/c1-11(2)9-14-15(30-31(24,25)29-12(3)4)16(27-8-7-26-6)18(28-14)22-10-13(5)17(20)21-19(22)23/h10-12,14-16,18H,7-9H2,1-6H3,(H,24,25)(H2,20,21,23)/p-1/t14-,15?,16+,18-/m1/s1. The topological polar surface area (TPSA) is 147 Å². The molecule has 11 nitrogen and oxygen atoms in total. The Balaban J connectivity index is 2.45. The van der Waals surface area contributed by atoms with E-state index in [0.717, 1.165) is 0 Å². The summed E-state index contributed by atoms with van der Waals surface area (Å²) in [5.74, 6) is 0.270. The Labute approximate surface area is 182 Å². The lowest BCUT2D eigenvalue weighted by atomic mass is 10.0. The number of hydrogen-bond acceptors (Lipinski definition) is 10. The second-order valence-electron chi connectivity index (χ2n) is 8.19. The molecule has 1 aliphatic heterocycles. The van der Waals surface area contributed by atoms with Crippen LogP contribution in [0.4, 0.5) is 5.82 Å².